The summed E-state index contributed by atoms with van der Waals surface area (Å²) in [5, 5.41) is 0. The second-order valence-electron chi connectivity index (χ2n) is 6.96. The first-order valence-corrected chi connectivity index (χ1v) is 9.60. The maximum absolute atomic E-state index is 5.42. The third-order valence-electron chi connectivity index (χ3n) is 5.11. The molecule has 5 aromatic rings. The van der Waals surface area contributed by atoms with E-state index in [4.69, 9.17) is 9.72 Å². The Morgan fingerprint density at radius 3 is 2.07 bits per heavy atom. The average Bonchev–Trinajstić information content (AvgIpc) is 3.24. The van der Waals surface area contributed by atoms with Gasteiger partial charge in [-0.05, 0) is 34.9 Å². The minimum Gasteiger partial charge on any atom is -0.497 e. The number of ether oxygens (including phenoxy) is 1. The van der Waals surface area contributed by atoms with Gasteiger partial charge in [-0.1, -0.05) is 72.8 Å². The zero-order valence-electron chi connectivity index (χ0n) is 16.1. The fourth-order valence-electron chi connectivity index (χ4n) is 3.64. The van der Waals surface area contributed by atoms with Crippen LogP contribution in [0.4, 0.5) is 0 Å². The van der Waals surface area contributed by atoms with Gasteiger partial charge in [0.1, 0.15) is 11.4 Å². The second kappa shape index (κ2) is 7.28. The molecule has 0 bridgehead atoms. The van der Waals surface area contributed by atoms with Crippen molar-refractivity contribution >= 4 is 5.65 Å². The number of nitrogens with zero attached hydrogens (tertiary/aromatic N) is 2. The van der Waals surface area contributed by atoms with Crippen molar-refractivity contribution in [3.63, 3.8) is 0 Å². The van der Waals surface area contributed by atoms with Gasteiger partial charge in [-0.3, -0.25) is 0 Å². The van der Waals surface area contributed by atoms with Gasteiger partial charge in [0.15, 0.2) is 0 Å². The third-order valence-corrected chi connectivity index (χ3v) is 5.11. The van der Waals surface area contributed by atoms with Crippen LogP contribution in [0.5, 0.6) is 5.75 Å². The first-order valence-electron chi connectivity index (χ1n) is 9.60. The highest BCUT2D eigenvalue weighted by molar-refractivity contribution is 5.84. The summed E-state index contributed by atoms with van der Waals surface area (Å²) in [4.78, 5) is 4.97. The Kier molecular flexibility index (Phi) is 4.34. The number of methoxy groups -OCH3 is 1. The van der Waals surface area contributed by atoms with Crippen molar-refractivity contribution in [3.8, 4) is 39.3 Å². The lowest BCUT2D eigenvalue weighted by Gasteiger charge is -2.10. The van der Waals surface area contributed by atoms with E-state index in [2.05, 4.69) is 71.4 Å². The van der Waals surface area contributed by atoms with E-state index >= 15 is 0 Å². The van der Waals surface area contributed by atoms with Crippen LogP contribution in [0.1, 0.15) is 0 Å². The molecule has 0 radical (unpaired) electrons. The molecule has 0 unspecified atom stereocenters. The summed E-state index contributed by atoms with van der Waals surface area (Å²) in [6.07, 6.45) is 4.23. The van der Waals surface area contributed by atoms with E-state index in [1.807, 2.05) is 36.4 Å². The molecular formula is C26H20N2O. The van der Waals surface area contributed by atoms with E-state index in [1.165, 1.54) is 0 Å². The van der Waals surface area contributed by atoms with Crippen LogP contribution in [0.2, 0.25) is 0 Å². The summed E-state index contributed by atoms with van der Waals surface area (Å²) in [7, 11) is 1.69. The molecule has 0 fully saturated rings. The molecule has 0 spiro atoms. The highest BCUT2D eigenvalue weighted by Crippen LogP contribution is 2.32. The van der Waals surface area contributed by atoms with Crippen LogP contribution in [-0.2, 0) is 0 Å². The van der Waals surface area contributed by atoms with Gasteiger partial charge in [0.25, 0.3) is 0 Å². The topological polar surface area (TPSA) is 26.5 Å². The molecule has 0 atom stereocenters. The quantitative estimate of drug-likeness (QED) is 0.366. The molecule has 2 heterocycles. The SMILES string of the molecule is COc1cccc(-c2cc(-c3ccccc3)c3nc(-c4ccccc4)cn3c2)c1. The molecule has 0 aliphatic heterocycles. The number of rotatable bonds is 4. The van der Waals surface area contributed by atoms with Gasteiger partial charge in [-0.25, -0.2) is 4.98 Å². The van der Waals surface area contributed by atoms with E-state index < -0.39 is 0 Å². The standard InChI is InChI=1S/C26H20N2O/c1-29-23-14-8-13-21(15-23)22-16-24(19-9-4-2-5-10-19)26-27-25(18-28(26)17-22)20-11-6-3-7-12-20/h2-18H,1H3. The van der Waals surface area contributed by atoms with Gasteiger partial charge in [-0.2, -0.15) is 0 Å². The number of pyridine rings is 1. The Bertz CT molecular complexity index is 1270. The van der Waals surface area contributed by atoms with Crippen molar-refractivity contribution < 1.29 is 4.74 Å². The largest absolute Gasteiger partial charge is 0.497 e. The fourth-order valence-corrected chi connectivity index (χ4v) is 3.64. The number of hydrogen-bond acceptors (Lipinski definition) is 2. The first-order chi connectivity index (χ1) is 14.3. The Labute approximate surface area is 169 Å². The normalized spacial score (nSPS) is 10.9. The molecule has 0 aliphatic rings. The Hall–Kier alpha value is -3.85. The lowest BCUT2D eigenvalue weighted by Crippen LogP contribution is -1.91. The van der Waals surface area contributed by atoms with Gasteiger partial charge in [0.2, 0.25) is 0 Å². The zero-order chi connectivity index (χ0) is 19.6. The molecule has 0 saturated carbocycles. The molecule has 5 rings (SSSR count). The highest BCUT2D eigenvalue weighted by atomic mass is 16.5. The van der Waals surface area contributed by atoms with Crippen molar-refractivity contribution in [3.05, 3.63) is 103 Å². The Balaban J connectivity index is 1.75. The van der Waals surface area contributed by atoms with Crippen LogP contribution in [0.25, 0.3) is 39.2 Å². The van der Waals surface area contributed by atoms with Crippen LogP contribution in [0.15, 0.2) is 103 Å². The Morgan fingerprint density at radius 2 is 1.34 bits per heavy atom. The second-order valence-corrected chi connectivity index (χ2v) is 6.96. The van der Waals surface area contributed by atoms with Gasteiger partial charge >= 0.3 is 0 Å². The van der Waals surface area contributed by atoms with Crippen LogP contribution in [-0.4, -0.2) is 16.5 Å². The highest BCUT2D eigenvalue weighted by Gasteiger charge is 2.13. The molecule has 0 amide bonds. The van der Waals surface area contributed by atoms with Crippen LogP contribution in [0, 0.1) is 0 Å². The molecule has 2 aromatic heterocycles. The predicted octanol–water partition coefficient (Wildman–Crippen LogP) is 6.34. The summed E-state index contributed by atoms with van der Waals surface area (Å²) in [5.41, 5.74) is 7.50. The summed E-state index contributed by atoms with van der Waals surface area (Å²) in [5.74, 6) is 0.847. The Morgan fingerprint density at radius 1 is 0.655 bits per heavy atom. The van der Waals surface area contributed by atoms with Gasteiger partial charge < -0.3 is 9.14 Å². The van der Waals surface area contributed by atoms with E-state index in [0.717, 1.165) is 44.9 Å². The lowest BCUT2D eigenvalue weighted by molar-refractivity contribution is 0.415. The lowest BCUT2D eigenvalue weighted by atomic mass is 10.0. The summed E-state index contributed by atoms with van der Waals surface area (Å²) in [6.45, 7) is 0. The van der Waals surface area contributed by atoms with Crippen molar-refractivity contribution in [1.82, 2.24) is 9.38 Å². The van der Waals surface area contributed by atoms with Crippen molar-refractivity contribution in [2.75, 3.05) is 7.11 Å². The molecular weight excluding hydrogens is 356 g/mol. The van der Waals surface area contributed by atoms with Crippen LogP contribution < -0.4 is 4.74 Å². The monoisotopic (exact) mass is 376 g/mol. The minimum absolute atomic E-state index is 0.847. The number of hydrogen-bond donors (Lipinski definition) is 0. The number of benzene rings is 3. The molecule has 29 heavy (non-hydrogen) atoms. The molecule has 3 nitrogen and oxygen atoms in total. The number of fused-ring (bicyclic) bond motifs is 1. The summed E-state index contributed by atoms with van der Waals surface area (Å²) < 4.78 is 7.55. The van der Waals surface area contributed by atoms with E-state index in [1.54, 1.807) is 7.11 Å². The average molecular weight is 376 g/mol. The van der Waals surface area contributed by atoms with Crippen molar-refractivity contribution in [2.45, 2.75) is 0 Å². The summed E-state index contributed by atoms with van der Waals surface area (Å²) >= 11 is 0. The molecule has 0 N–H and O–H groups in total. The smallest absolute Gasteiger partial charge is 0.145 e. The maximum atomic E-state index is 5.42. The zero-order valence-corrected chi connectivity index (χ0v) is 16.1. The minimum atomic E-state index is 0.847. The van der Waals surface area contributed by atoms with Crippen LogP contribution in [0.3, 0.4) is 0 Å². The van der Waals surface area contributed by atoms with Crippen molar-refractivity contribution in [2.24, 2.45) is 0 Å². The van der Waals surface area contributed by atoms with E-state index in [0.29, 0.717) is 0 Å². The van der Waals surface area contributed by atoms with Gasteiger partial charge in [0, 0.05) is 23.5 Å². The molecule has 3 heteroatoms. The van der Waals surface area contributed by atoms with Gasteiger partial charge in [-0.15, -0.1) is 0 Å². The summed E-state index contributed by atoms with van der Waals surface area (Å²) in [6, 6.07) is 31.1. The molecule has 3 aromatic carbocycles. The van der Waals surface area contributed by atoms with E-state index in [-0.39, 0.29) is 0 Å². The fraction of sp³-hybridized carbons (Fsp3) is 0.0385. The number of aromatic nitrogens is 2. The van der Waals surface area contributed by atoms with Crippen molar-refractivity contribution in [1.29, 1.82) is 0 Å². The van der Waals surface area contributed by atoms with E-state index in [9.17, 15) is 0 Å². The van der Waals surface area contributed by atoms with Gasteiger partial charge in [0.05, 0.1) is 12.8 Å². The first kappa shape index (κ1) is 17.3. The number of imidazole rings is 1. The third kappa shape index (κ3) is 3.27. The van der Waals surface area contributed by atoms with Crippen LogP contribution >= 0.6 is 0 Å². The molecule has 0 aliphatic carbocycles. The predicted molar refractivity (Wildman–Crippen MR) is 118 cm³/mol. The molecule has 140 valence electrons. The maximum Gasteiger partial charge on any atom is 0.145 e. The molecule has 0 saturated heterocycles.